The second-order valence-electron chi connectivity index (χ2n) is 5.74. The minimum absolute atomic E-state index is 0.207. The standard InChI is InChI=1S/C14H21FN2O3S/c1-10-7-11(15)13(8-12(10)16)21(18,19)17-6-4-5-14(2,9-17)20-3/h7-8H,4-6,9,16H2,1-3H3. The van der Waals surface area contributed by atoms with Crippen LogP contribution in [0.2, 0.25) is 0 Å². The minimum atomic E-state index is -3.91. The zero-order chi connectivity index (χ0) is 15.8. The molecule has 7 heteroatoms. The monoisotopic (exact) mass is 316 g/mol. The Morgan fingerprint density at radius 3 is 2.71 bits per heavy atom. The molecule has 5 nitrogen and oxygen atoms in total. The van der Waals surface area contributed by atoms with Gasteiger partial charge in [-0.05, 0) is 44.4 Å². The smallest absolute Gasteiger partial charge is 0.246 e. The fraction of sp³-hybridized carbons (Fsp3) is 0.571. The van der Waals surface area contributed by atoms with Gasteiger partial charge in [-0.2, -0.15) is 4.31 Å². The van der Waals surface area contributed by atoms with Gasteiger partial charge >= 0.3 is 0 Å². The van der Waals surface area contributed by atoms with Gasteiger partial charge in [-0.25, -0.2) is 12.8 Å². The quantitative estimate of drug-likeness (QED) is 0.865. The average molecular weight is 316 g/mol. The summed E-state index contributed by atoms with van der Waals surface area (Å²) in [4.78, 5) is -0.369. The molecular formula is C14H21FN2O3S. The van der Waals surface area contributed by atoms with Gasteiger partial charge in [0.1, 0.15) is 10.7 Å². The summed E-state index contributed by atoms with van der Waals surface area (Å²) in [6.07, 6.45) is 1.45. The molecule has 1 saturated heterocycles. The topological polar surface area (TPSA) is 72.6 Å². The molecule has 1 unspecified atom stereocenters. The van der Waals surface area contributed by atoms with Crippen molar-refractivity contribution in [1.29, 1.82) is 0 Å². The van der Waals surface area contributed by atoms with Crippen molar-refractivity contribution in [3.63, 3.8) is 0 Å². The van der Waals surface area contributed by atoms with E-state index in [-0.39, 0.29) is 17.1 Å². The molecule has 2 N–H and O–H groups in total. The SMILES string of the molecule is COC1(C)CCCN(S(=O)(=O)c2cc(N)c(C)cc2F)C1. The fourth-order valence-corrected chi connectivity index (χ4v) is 4.21. The number of sulfonamides is 1. The summed E-state index contributed by atoms with van der Waals surface area (Å²) in [7, 11) is -2.36. The van der Waals surface area contributed by atoms with E-state index in [0.717, 1.165) is 12.5 Å². The molecule has 1 aliphatic rings. The average Bonchev–Trinajstić information content (AvgIpc) is 2.42. The van der Waals surface area contributed by atoms with Gasteiger partial charge in [0.05, 0.1) is 5.60 Å². The normalized spacial score (nSPS) is 24.2. The van der Waals surface area contributed by atoms with Crippen LogP contribution in [-0.2, 0) is 14.8 Å². The molecule has 1 aliphatic heterocycles. The van der Waals surface area contributed by atoms with Crippen molar-refractivity contribution in [3.05, 3.63) is 23.5 Å². The minimum Gasteiger partial charge on any atom is -0.398 e. The van der Waals surface area contributed by atoms with Crippen molar-refractivity contribution in [3.8, 4) is 0 Å². The van der Waals surface area contributed by atoms with Gasteiger partial charge in [-0.3, -0.25) is 0 Å². The van der Waals surface area contributed by atoms with Crippen LogP contribution < -0.4 is 5.73 Å². The van der Waals surface area contributed by atoms with E-state index >= 15 is 0 Å². The lowest BCUT2D eigenvalue weighted by atomic mass is 9.96. The Labute approximate surface area is 124 Å². The molecule has 1 aromatic carbocycles. The summed E-state index contributed by atoms with van der Waals surface area (Å²) in [6.45, 7) is 4.06. The number of nitrogen functional groups attached to an aromatic ring is 1. The maximum absolute atomic E-state index is 14.1. The lowest BCUT2D eigenvalue weighted by Crippen LogP contribution is -2.49. The Bertz CT molecular complexity index is 648. The third-order valence-corrected chi connectivity index (χ3v) is 5.92. The molecule has 21 heavy (non-hydrogen) atoms. The van der Waals surface area contributed by atoms with Crippen LogP contribution >= 0.6 is 0 Å². The largest absolute Gasteiger partial charge is 0.398 e. The predicted molar refractivity (Wildman–Crippen MR) is 79.0 cm³/mol. The Balaban J connectivity index is 2.41. The van der Waals surface area contributed by atoms with E-state index in [9.17, 15) is 12.8 Å². The van der Waals surface area contributed by atoms with Crippen LogP contribution in [0.5, 0.6) is 0 Å². The van der Waals surface area contributed by atoms with Crippen molar-refractivity contribution in [2.45, 2.75) is 37.2 Å². The number of rotatable bonds is 3. The number of aryl methyl sites for hydroxylation is 1. The summed E-state index contributed by atoms with van der Waals surface area (Å²) < 4.78 is 46.0. The number of piperidine rings is 1. The molecule has 1 fully saturated rings. The van der Waals surface area contributed by atoms with Crippen LogP contribution in [0.1, 0.15) is 25.3 Å². The fourth-order valence-electron chi connectivity index (χ4n) is 2.54. The van der Waals surface area contributed by atoms with Crippen molar-refractivity contribution in [2.75, 3.05) is 25.9 Å². The molecule has 0 spiro atoms. The molecule has 118 valence electrons. The van der Waals surface area contributed by atoms with Crippen molar-refractivity contribution in [1.82, 2.24) is 4.31 Å². The first-order valence-electron chi connectivity index (χ1n) is 6.80. The molecule has 0 radical (unpaired) electrons. The predicted octanol–water partition coefficient (Wildman–Crippen LogP) is 1.91. The van der Waals surface area contributed by atoms with E-state index in [1.807, 2.05) is 6.92 Å². The molecule has 1 atom stereocenters. The Morgan fingerprint density at radius 2 is 2.10 bits per heavy atom. The molecular weight excluding hydrogens is 295 g/mol. The number of methoxy groups -OCH3 is 1. The number of benzene rings is 1. The Hall–Kier alpha value is -1.18. The summed E-state index contributed by atoms with van der Waals surface area (Å²) in [5, 5.41) is 0. The molecule has 1 heterocycles. The number of halogens is 1. The molecule has 0 aromatic heterocycles. The van der Waals surface area contributed by atoms with Crippen LogP contribution in [0.4, 0.5) is 10.1 Å². The van der Waals surface area contributed by atoms with Gasteiger partial charge in [-0.15, -0.1) is 0 Å². The second kappa shape index (κ2) is 5.55. The van der Waals surface area contributed by atoms with Gasteiger partial charge in [0.2, 0.25) is 10.0 Å². The molecule has 0 aliphatic carbocycles. The number of hydrogen-bond donors (Lipinski definition) is 1. The maximum Gasteiger partial charge on any atom is 0.246 e. The number of nitrogens with two attached hydrogens (primary N) is 1. The van der Waals surface area contributed by atoms with Gasteiger partial charge in [0, 0.05) is 25.9 Å². The van der Waals surface area contributed by atoms with E-state index in [2.05, 4.69) is 0 Å². The first kappa shape index (κ1) is 16.2. The number of anilines is 1. The number of hydrogen-bond acceptors (Lipinski definition) is 4. The van der Waals surface area contributed by atoms with Crippen LogP contribution in [0.3, 0.4) is 0 Å². The van der Waals surface area contributed by atoms with Gasteiger partial charge in [0.25, 0.3) is 0 Å². The van der Waals surface area contributed by atoms with E-state index in [1.54, 1.807) is 14.0 Å². The number of ether oxygens (including phenoxy) is 1. The molecule has 1 aromatic rings. The van der Waals surface area contributed by atoms with Crippen LogP contribution in [-0.4, -0.2) is 38.5 Å². The summed E-state index contributed by atoms with van der Waals surface area (Å²) in [6, 6.07) is 2.35. The lowest BCUT2D eigenvalue weighted by Gasteiger charge is -2.38. The Kier molecular flexibility index (Phi) is 4.28. The summed E-state index contributed by atoms with van der Waals surface area (Å²) in [5.74, 6) is -0.772. The molecule has 0 saturated carbocycles. The number of nitrogens with zero attached hydrogens (tertiary/aromatic N) is 1. The molecule has 0 bridgehead atoms. The van der Waals surface area contributed by atoms with Gasteiger partial charge in [0.15, 0.2) is 0 Å². The van der Waals surface area contributed by atoms with E-state index < -0.39 is 21.4 Å². The zero-order valence-corrected chi connectivity index (χ0v) is 13.3. The van der Waals surface area contributed by atoms with Crippen LogP contribution in [0.25, 0.3) is 0 Å². The molecule has 0 amide bonds. The zero-order valence-electron chi connectivity index (χ0n) is 12.5. The van der Waals surface area contributed by atoms with Gasteiger partial charge in [-0.1, -0.05) is 0 Å². The molecule has 2 rings (SSSR count). The Morgan fingerprint density at radius 1 is 1.43 bits per heavy atom. The first-order chi connectivity index (χ1) is 9.69. The highest BCUT2D eigenvalue weighted by atomic mass is 32.2. The highest BCUT2D eigenvalue weighted by Gasteiger charge is 2.38. The van der Waals surface area contributed by atoms with E-state index in [0.29, 0.717) is 18.5 Å². The van der Waals surface area contributed by atoms with Crippen LogP contribution in [0.15, 0.2) is 17.0 Å². The van der Waals surface area contributed by atoms with Crippen molar-refractivity contribution >= 4 is 15.7 Å². The summed E-state index contributed by atoms with van der Waals surface area (Å²) >= 11 is 0. The van der Waals surface area contributed by atoms with Crippen LogP contribution in [0, 0.1) is 12.7 Å². The summed E-state index contributed by atoms with van der Waals surface area (Å²) in [5.41, 5.74) is 5.96. The first-order valence-corrected chi connectivity index (χ1v) is 8.24. The third-order valence-electron chi connectivity index (χ3n) is 4.06. The van der Waals surface area contributed by atoms with Gasteiger partial charge < -0.3 is 10.5 Å². The maximum atomic E-state index is 14.1. The highest BCUT2D eigenvalue weighted by Crippen LogP contribution is 2.30. The van der Waals surface area contributed by atoms with E-state index in [4.69, 9.17) is 10.5 Å². The third kappa shape index (κ3) is 3.04. The van der Waals surface area contributed by atoms with E-state index in [1.165, 1.54) is 10.4 Å². The lowest BCUT2D eigenvalue weighted by molar-refractivity contribution is -0.0319. The highest BCUT2D eigenvalue weighted by molar-refractivity contribution is 7.89. The van der Waals surface area contributed by atoms with Crippen molar-refractivity contribution in [2.24, 2.45) is 0 Å². The second-order valence-corrected chi connectivity index (χ2v) is 7.64. The van der Waals surface area contributed by atoms with Crippen molar-refractivity contribution < 1.29 is 17.5 Å².